The summed E-state index contributed by atoms with van der Waals surface area (Å²) in [5, 5.41) is 20.2. The molecular formula is C30H56O4. The van der Waals surface area contributed by atoms with Gasteiger partial charge in [-0.25, -0.2) is 0 Å². The Morgan fingerprint density at radius 1 is 0.676 bits per heavy atom. The maximum atomic E-state index is 12.6. The molecule has 1 rings (SSSR count). The number of carboxylic acid groups (broad SMARTS) is 2. The van der Waals surface area contributed by atoms with Gasteiger partial charge < -0.3 is 10.2 Å². The molecule has 2 N–H and O–H groups in total. The molecule has 1 fully saturated rings. The van der Waals surface area contributed by atoms with E-state index in [0.717, 1.165) is 38.5 Å². The largest absolute Gasteiger partial charge is 0.481 e. The Labute approximate surface area is 210 Å². The maximum absolute atomic E-state index is 12.6. The van der Waals surface area contributed by atoms with E-state index >= 15 is 0 Å². The zero-order valence-corrected chi connectivity index (χ0v) is 22.6. The first-order chi connectivity index (χ1) is 16.5. The van der Waals surface area contributed by atoms with Crippen molar-refractivity contribution in [3.63, 3.8) is 0 Å². The van der Waals surface area contributed by atoms with Crippen molar-refractivity contribution in [1.29, 1.82) is 0 Å². The Bertz CT molecular complexity index is 532. The number of hydrogen-bond donors (Lipinski definition) is 2. The number of rotatable bonds is 22. The van der Waals surface area contributed by atoms with Crippen LogP contribution in [0.5, 0.6) is 0 Å². The normalized spacial score (nSPS) is 22.6. The van der Waals surface area contributed by atoms with E-state index in [9.17, 15) is 19.8 Å². The molecule has 3 unspecified atom stereocenters. The van der Waals surface area contributed by atoms with Crippen LogP contribution in [0.1, 0.15) is 162 Å². The minimum absolute atomic E-state index is 0.213. The lowest BCUT2D eigenvalue weighted by atomic mass is 9.58. The first-order valence-corrected chi connectivity index (χ1v) is 15.0. The Morgan fingerprint density at radius 2 is 1.12 bits per heavy atom. The molecule has 1 aliphatic carbocycles. The predicted molar refractivity (Wildman–Crippen MR) is 142 cm³/mol. The number of carbonyl (C=O) groups is 2. The lowest BCUT2D eigenvalue weighted by molar-refractivity contribution is -0.164. The third-order valence-electron chi connectivity index (χ3n) is 8.42. The van der Waals surface area contributed by atoms with Gasteiger partial charge in [0.25, 0.3) is 0 Å². The fourth-order valence-corrected chi connectivity index (χ4v) is 6.29. The van der Waals surface area contributed by atoms with Crippen molar-refractivity contribution in [1.82, 2.24) is 0 Å². The van der Waals surface area contributed by atoms with Gasteiger partial charge in [0.15, 0.2) is 0 Å². The summed E-state index contributed by atoms with van der Waals surface area (Å²) in [6.45, 7) is 4.48. The highest BCUT2D eigenvalue weighted by Gasteiger charge is 2.52. The zero-order chi connectivity index (χ0) is 25.1. The van der Waals surface area contributed by atoms with E-state index in [0.29, 0.717) is 19.3 Å². The van der Waals surface area contributed by atoms with Crippen LogP contribution in [-0.4, -0.2) is 22.2 Å². The summed E-state index contributed by atoms with van der Waals surface area (Å²) in [5.74, 6) is -2.22. The van der Waals surface area contributed by atoms with E-state index in [1.807, 2.05) is 0 Å². The second-order valence-electron chi connectivity index (χ2n) is 11.1. The Hall–Kier alpha value is -1.06. The van der Waals surface area contributed by atoms with E-state index in [1.54, 1.807) is 0 Å². The molecule has 0 saturated heterocycles. The number of carboxylic acids is 2. The number of hydrogen-bond acceptors (Lipinski definition) is 2. The van der Waals surface area contributed by atoms with Gasteiger partial charge in [-0.05, 0) is 31.6 Å². The van der Waals surface area contributed by atoms with Gasteiger partial charge in [-0.1, -0.05) is 136 Å². The fourth-order valence-electron chi connectivity index (χ4n) is 6.29. The van der Waals surface area contributed by atoms with E-state index in [4.69, 9.17) is 0 Å². The summed E-state index contributed by atoms with van der Waals surface area (Å²) >= 11 is 0. The van der Waals surface area contributed by atoms with Crippen LogP contribution in [0.15, 0.2) is 0 Å². The van der Waals surface area contributed by atoms with E-state index in [1.165, 1.54) is 89.9 Å². The molecular weight excluding hydrogens is 424 g/mol. The third kappa shape index (κ3) is 11.6. The molecule has 4 heteroatoms. The van der Waals surface area contributed by atoms with Crippen molar-refractivity contribution in [2.24, 2.45) is 17.3 Å². The molecule has 34 heavy (non-hydrogen) atoms. The van der Waals surface area contributed by atoms with E-state index in [2.05, 4.69) is 13.8 Å². The summed E-state index contributed by atoms with van der Waals surface area (Å²) in [7, 11) is 0. The molecule has 0 aromatic carbocycles. The van der Waals surface area contributed by atoms with Crippen molar-refractivity contribution < 1.29 is 19.8 Å². The van der Waals surface area contributed by atoms with E-state index < -0.39 is 23.3 Å². The highest BCUT2D eigenvalue weighted by molar-refractivity contribution is 5.78. The van der Waals surface area contributed by atoms with Crippen molar-refractivity contribution in [2.75, 3.05) is 0 Å². The monoisotopic (exact) mass is 480 g/mol. The fraction of sp³-hybridized carbons (Fsp3) is 0.933. The van der Waals surface area contributed by atoms with Crippen molar-refractivity contribution in [3.05, 3.63) is 0 Å². The quantitative estimate of drug-likeness (QED) is 0.151. The summed E-state index contributed by atoms with van der Waals surface area (Å²) < 4.78 is 0. The molecule has 0 aromatic heterocycles. The second-order valence-corrected chi connectivity index (χ2v) is 11.1. The van der Waals surface area contributed by atoms with Gasteiger partial charge in [0, 0.05) is 0 Å². The Balaban J connectivity index is 2.52. The number of aliphatic carboxylic acids is 2. The summed E-state index contributed by atoms with van der Waals surface area (Å²) in [6, 6.07) is 0. The third-order valence-corrected chi connectivity index (χ3v) is 8.42. The molecule has 0 heterocycles. The average Bonchev–Trinajstić information content (AvgIpc) is 2.82. The molecule has 0 radical (unpaired) electrons. The zero-order valence-electron chi connectivity index (χ0n) is 22.6. The first kappa shape index (κ1) is 31.0. The van der Waals surface area contributed by atoms with Crippen LogP contribution in [0.3, 0.4) is 0 Å². The SMILES string of the molecule is CCCCCCCCCCCC1C(C(=O)O)CCCC1(CCCCCCCCCCC)C(=O)O. The van der Waals surface area contributed by atoms with Crippen molar-refractivity contribution in [2.45, 2.75) is 162 Å². The molecule has 200 valence electrons. The van der Waals surface area contributed by atoms with Gasteiger partial charge >= 0.3 is 11.9 Å². The van der Waals surface area contributed by atoms with Crippen LogP contribution in [0.25, 0.3) is 0 Å². The molecule has 0 bridgehead atoms. The molecule has 0 aliphatic heterocycles. The van der Waals surface area contributed by atoms with Crippen LogP contribution in [0, 0.1) is 17.3 Å². The summed E-state index contributed by atoms with van der Waals surface area (Å²) in [5.41, 5.74) is -0.831. The van der Waals surface area contributed by atoms with Gasteiger partial charge in [0.05, 0.1) is 11.3 Å². The van der Waals surface area contributed by atoms with Gasteiger partial charge in [-0.2, -0.15) is 0 Å². The lowest BCUT2D eigenvalue weighted by Crippen LogP contribution is -2.47. The van der Waals surface area contributed by atoms with Crippen molar-refractivity contribution in [3.8, 4) is 0 Å². The molecule has 1 aliphatic rings. The number of unbranched alkanes of at least 4 members (excludes halogenated alkanes) is 16. The second kappa shape index (κ2) is 19.2. The van der Waals surface area contributed by atoms with Crippen LogP contribution in [-0.2, 0) is 9.59 Å². The van der Waals surface area contributed by atoms with Crippen LogP contribution in [0.4, 0.5) is 0 Å². The molecule has 4 nitrogen and oxygen atoms in total. The van der Waals surface area contributed by atoms with Crippen LogP contribution >= 0.6 is 0 Å². The van der Waals surface area contributed by atoms with Gasteiger partial charge in [0.1, 0.15) is 0 Å². The van der Waals surface area contributed by atoms with Gasteiger partial charge in [-0.15, -0.1) is 0 Å². The molecule has 0 aromatic rings. The Morgan fingerprint density at radius 3 is 1.56 bits per heavy atom. The highest BCUT2D eigenvalue weighted by Crippen LogP contribution is 2.50. The molecule has 0 amide bonds. The van der Waals surface area contributed by atoms with Gasteiger partial charge in [0.2, 0.25) is 0 Å². The molecule has 3 atom stereocenters. The van der Waals surface area contributed by atoms with Crippen LogP contribution in [0.2, 0.25) is 0 Å². The summed E-state index contributed by atoms with van der Waals surface area (Å²) in [6.07, 6.45) is 25.4. The summed E-state index contributed by atoms with van der Waals surface area (Å²) in [4.78, 5) is 24.7. The average molecular weight is 481 g/mol. The minimum Gasteiger partial charge on any atom is -0.481 e. The molecule has 1 saturated carbocycles. The first-order valence-electron chi connectivity index (χ1n) is 15.0. The van der Waals surface area contributed by atoms with Crippen molar-refractivity contribution >= 4 is 11.9 Å². The Kier molecular flexibility index (Phi) is 17.5. The maximum Gasteiger partial charge on any atom is 0.309 e. The van der Waals surface area contributed by atoms with Crippen LogP contribution < -0.4 is 0 Å². The smallest absolute Gasteiger partial charge is 0.309 e. The topological polar surface area (TPSA) is 74.6 Å². The van der Waals surface area contributed by atoms with Gasteiger partial charge in [-0.3, -0.25) is 9.59 Å². The minimum atomic E-state index is -0.831. The predicted octanol–water partition coefficient (Wildman–Crippen LogP) is 9.40. The highest BCUT2D eigenvalue weighted by atomic mass is 16.4. The van der Waals surface area contributed by atoms with E-state index in [-0.39, 0.29) is 5.92 Å². The lowest BCUT2D eigenvalue weighted by Gasteiger charge is -2.44. The standard InChI is InChI=1S/C30H56O4/c1-3-5-7-9-11-13-15-17-19-23-27-26(28(31)32)22-21-25-30(27,29(33)34)24-20-18-16-14-12-10-8-6-4-2/h26-27H,3-25H2,1-2H3,(H,31,32)(H,33,34). The molecule has 0 spiro atoms.